The van der Waals surface area contributed by atoms with Gasteiger partial charge in [-0.3, -0.25) is 0 Å². The number of fused-ring (bicyclic) bond motifs is 1. The van der Waals surface area contributed by atoms with Crippen molar-refractivity contribution in [3.63, 3.8) is 0 Å². The standard InChI is InChI=1S/C12H9NO/c13-8-12(14)11-7-3-5-9-4-1-2-6-10(9)11/h1-7,12,14H/t12-/m1/s1. The first-order valence-corrected chi connectivity index (χ1v) is 4.38. The Morgan fingerprint density at radius 3 is 2.57 bits per heavy atom. The summed E-state index contributed by atoms with van der Waals surface area (Å²) in [6.45, 7) is 0. The minimum Gasteiger partial charge on any atom is -0.374 e. The number of nitrogens with zero attached hydrogens (tertiary/aromatic N) is 1. The average Bonchev–Trinajstić information content (AvgIpc) is 2.27. The smallest absolute Gasteiger partial charge is 0.166 e. The predicted octanol–water partition coefficient (Wildman–Crippen LogP) is 2.40. The molecule has 0 spiro atoms. The predicted molar refractivity (Wildman–Crippen MR) is 54.5 cm³/mol. The monoisotopic (exact) mass is 183 g/mol. The zero-order valence-electron chi connectivity index (χ0n) is 7.51. The highest BCUT2D eigenvalue weighted by Crippen LogP contribution is 2.23. The lowest BCUT2D eigenvalue weighted by Gasteiger charge is -2.06. The Morgan fingerprint density at radius 2 is 1.79 bits per heavy atom. The number of aliphatic hydroxyl groups is 1. The second kappa shape index (κ2) is 3.49. The topological polar surface area (TPSA) is 44.0 Å². The highest BCUT2D eigenvalue weighted by atomic mass is 16.3. The molecule has 0 fully saturated rings. The van der Waals surface area contributed by atoms with Crippen molar-refractivity contribution in [2.45, 2.75) is 6.10 Å². The van der Waals surface area contributed by atoms with E-state index < -0.39 is 6.10 Å². The Labute approximate surface area is 82.0 Å². The molecule has 0 aliphatic heterocycles. The molecule has 2 nitrogen and oxygen atoms in total. The molecule has 2 aromatic carbocycles. The van der Waals surface area contributed by atoms with Crippen molar-refractivity contribution < 1.29 is 5.11 Å². The van der Waals surface area contributed by atoms with Crippen LogP contribution in [0.2, 0.25) is 0 Å². The van der Waals surface area contributed by atoms with E-state index in [1.165, 1.54) is 0 Å². The van der Waals surface area contributed by atoms with Crippen LogP contribution < -0.4 is 0 Å². The second-order valence-electron chi connectivity index (χ2n) is 3.10. The quantitative estimate of drug-likeness (QED) is 0.690. The van der Waals surface area contributed by atoms with Crippen molar-refractivity contribution >= 4 is 10.8 Å². The normalized spacial score (nSPS) is 12.3. The van der Waals surface area contributed by atoms with E-state index in [4.69, 9.17) is 5.26 Å². The van der Waals surface area contributed by atoms with Crippen molar-refractivity contribution in [2.24, 2.45) is 0 Å². The molecule has 0 aromatic heterocycles. The molecule has 0 saturated heterocycles. The van der Waals surface area contributed by atoms with Gasteiger partial charge in [0.15, 0.2) is 6.10 Å². The van der Waals surface area contributed by atoms with E-state index in [0.717, 1.165) is 10.8 Å². The SMILES string of the molecule is N#C[C@@H](O)c1cccc2ccccc12. The lowest BCUT2D eigenvalue weighted by Crippen LogP contribution is -1.93. The first-order chi connectivity index (χ1) is 6.83. The van der Waals surface area contributed by atoms with Gasteiger partial charge in [-0.1, -0.05) is 42.5 Å². The number of rotatable bonds is 1. The fourth-order valence-electron chi connectivity index (χ4n) is 1.56. The maximum atomic E-state index is 9.47. The molecule has 2 heteroatoms. The van der Waals surface area contributed by atoms with Crippen LogP contribution in [0, 0.1) is 11.3 Å². The van der Waals surface area contributed by atoms with E-state index in [-0.39, 0.29) is 0 Å². The molecular formula is C12H9NO. The minimum atomic E-state index is -1.04. The van der Waals surface area contributed by atoms with Gasteiger partial charge < -0.3 is 5.11 Å². The van der Waals surface area contributed by atoms with E-state index in [2.05, 4.69) is 0 Å². The first-order valence-electron chi connectivity index (χ1n) is 4.38. The van der Waals surface area contributed by atoms with Crippen LogP contribution in [-0.2, 0) is 0 Å². The summed E-state index contributed by atoms with van der Waals surface area (Å²) in [4.78, 5) is 0. The molecule has 2 rings (SSSR count). The van der Waals surface area contributed by atoms with Gasteiger partial charge in [-0.25, -0.2) is 0 Å². The minimum absolute atomic E-state index is 0.672. The Bertz CT molecular complexity index is 494. The highest BCUT2D eigenvalue weighted by molar-refractivity contribution is 5.86. The van der Waals surface area contributed by atoms with E-state index in [1.54, 1.807) is 6.07 Å². The summed E-state index contributed by atoms with van der Waals surface area (Å²) in [5, 5.41) is 20.1. The Hall–Kier alpha value is -1.85. The van der Waals surface area contributed by atoms with Gasteiger partial charge in [0.25, 0.3) is 0 Å². The van der Waals surface area contributed by atoms with Gasteiger partial charge in [0.05, 0.1) is 6.07 Å². The van der Waals surface area contributed by atoms with Gasteiger partial charge in [0.2, 0.25) is 0 Å². The lowest BCUT2D eigenvalue weighted by molar-refractivity contribution is 0.237. The van der Waals surface area contributed by atoms with Crippen LogP contribution in [0.3, 0.4) is 0 Å². The molecule has 0 aliphatic rings. The molecule has 68 valence electrons. The number of benzene rings is 2. The number of hydrogen-bond donors (Lipinski definition) is 1. The van der Waals surface area contributed by atoms with Crippen LogP contribution in [0.5, 0.6) is 0 Å². The van der Waals surface area contributed by atoms with E-state index in [9.17, 15) is 5.11 Å². The summed E-state index contributed by atoms with van der Waals surface area (Å²) in [7, 11) is 0. The molecule has 0 saturated carbocycles. The second-order valence-corrected chi connectivity index (χ2v) is 3.10. The maximum absolute atomic E-state index is 9.47. The van der Waals surface area contributed by atoms with Crippen LogP contribution >= 0.6 is 0 Å². The summed E-state index contributed by atoms with van der Waals surface area (Å²) >= 11 is 0. The van der Waals surface area contributed by atoms with E-state index in [1.807, 2.05) is 42.5 Å². The van der Waals surface area contributed by atoms with Gasteiger partial charge >= 0.3 is 0 Å². The number of nitriles is 1. The molecular weight excluding hydrogens is 174 g/mol. The van der Waals surface area contributed by atoms with Gasteiger partial charge in [-0.2, -0.15) is 5.26 Å². The van der Waals surface area contributed by atoms with Gasteiger partial charge in [0.1, 0.15) is 0 Å². The molecule has 1 atom stereocenters. The number of aliphatic hydroxyl groups excluding tert-OH is 1. The zero-order chi connectivity index (χ0) is 9.97. The summed E-state index contributed by atoms with van der Waals surface area (Å²) in [6.07, 6.45) is -1.04. The first kappa shape index (κ1) is 8.74. The van der Waals surface area contributed by atoms with Crippen LogP contribution in [-0.4, -0.2) is 5.11 Å². The summed E-state index contributed by atoms with van der Waals surface area (Å²) in [5.74, 6) is 0. The summed E-state index contributed by atoms with van der Waals surface area (Å²) in [6, 6.07) is 15.1. The van der Waals surface area contributed by atoms with Crippen molar-refractivity contribution in [2.75, 3.05) is 0 Å². The fraction of sp³-hybridized carbons (Fsp3) is 0.0833. The average molecular weight is 183 g/mol. The molecule has 0 unspecified atom stereocenters. The molecule has 0 amide bonds. The van der Waals surface area contributed by atoms with Crippen LogP contribution in [0.1, 0.15) is 11.7 Å². The molecule has 2 aromatic rings. The molecule has 0 bridgehead atoms. The maximum Gasteiger partial charge on any atom is 0.166 e. The van der Waals surface area contributed by atoms with Crippen molar-refractivity contribution in [1.82, 2.24) is 0 Å². The van der Waals surface area contributed by atoms with Crippen molar-refractivity contribution in [1.29, 1.82) is 5.26 Å². The molecule has 14 heavy (non-hydrogen) atoms. The van der Waals surface area contributed by atoms with Crippen LogP contribution in [0.25, 0.3) is 10.8 Å². The van der Waals surface area contributed by atoms with Crippen LogP contribution in [0.4, 0.5) is 0 Å². The third-order valence-corrected chi connectivity index (χ3v) is 2.24. The Morgan fingerprint density at radius 1 is 1.07 bits per heavy atom. The number of hydrogen-bond acceptors (Lipinski definition) is 2. The lowest BCUT2D eigenvalue weighted by atomic mass is 10.0. The Balaban J connectivity index is 2.72. The van der Waals surface area contributed by atoms with Gasteiger partial charge in [0, 0.05) is 5.56 Å². The third-order valence-electron chi connectivity index (χ3n) is 2.24. The van der Waals surface area contributed by atoms with E-state index in [0.29, 0.717) is 5.56 Å². The largest absolute Gasteiger partial charge is 0.374 e. The van der Waals surface area contributed by atoms with Crippen molar-refractivity contribution in [3.8, 4) is 6.07 Å². The highest BCUT2D eigenvalue weighted by Gasteiger charge is 2.08. The van der Waals surface area contributed by atoms with Gasteiger partial charge in [-0.15, -0.1) is 0 Å². The van der Waals surface area contributed by atoms with Gasteiger partial charge in [-0.05, 0) is 10.8 Å². The third kappa shape index (κ3) is 1.34. The summed E-state index contributed by atoms with van der Waals surface area (Å²) in [5.41, 5.74) is 0.672. The fourth-order valence-corrected chi connectivity index (χ4v) is 1.56. The molecule has 1 N–H and O–H groups in total. The van der Waals surface area contributed by atoms with Crippen LogP contribution in [0.15, 0.2) is 42.5 Å². The van der Waals surface area contributed by atoms with Crippen molar-refractivity contribution in [3.05, 3.63) is 48.0 Å². The molecule has 0 aliphatic carbocycles. The zero-order valence-corrected chi connectivity index (χ0v) is 7.51. The Kier molecular flexibility index (Phi) is 2.18. The molecule has 0 heterocycles. The summed E-state index contributed by atoms with van der Waals surface area (Å²) < 4.78 is 0. The molecule has 0 radical (unpaired) electrons. The van der Waals surface area contributed by atoms with E-state index >= 15 is 0 Å².